The molecule has 2 rings (SSSR count). The van der Waals surface area contributed by atoms with Crippen LogP contribution >= 0.6 is 0 Å². The lowest BCUT2D eigenvalue weighted by Gasteiger charge is -2.18. The van der Waals surface area contributed by atoms with Crippen molar-refractivity contribution in [2.24, 2.45) is 0 Å². The van der Waals surface area contributed by atoms with E-state index in [9.17, 15) is 4.79 Å². The van der Waals surface area contributed by atoms with Crippen molar-refractivity contribution in [1.29, 1.82) is 0 Å². The first-order chi connectivity index (χ1) is 13.7. The van der Waals surface area contributed by atoms with Crippen LogP contribution in [0.4, 0.5) is 0 Å². The second-order valence-electron chi connectivity index (χ2n) is 7.32. The number of rotatable bonds is 13. The van der Waals surface area contributed by atoms with Crippen molar-refractivity contribution >= 4 is 5.97 Å². The van der Waals surface area contributed by atoms with E-state index in [-0.39, 0.29) is 12.1 Å². The molecule has 0 aromatic heterocycles. The van der Waals surface area contributed by atoms with Crippen LogP contribution in [0.15, 0.2) is 54.6 Å². The maximum absolute atomic E-state index is 12.2. The Labute approximate surface area is 170 Å². The summed E-state index contributed by atoms with van der Waals surface area (Å²) in [5, 5.41) is 0. The number of ether oxygens (including phenoxy) is 2. The van der Waals surface area contributed by atoms with E-state index in [2.05, 4.69) is 6.92 Å². The molecule has 152 valence electrons. The van der Waals surface area contributed by atoms with Crippen molar-refractivity contribution in [3.63, 3.8) is 0 Å². The highest BCUT2D eigenvalue weighted by Crippen LogP contribution is 2.28. The minimum Gasteiger partial charge on any atom is -0.488 e. The van der Waals surface area contributed by atoms with Crippen molar-refractivity contribution in [1.82, 2.24) is 0 Å². The standard InChI is InChI=1S/C25H34O3/c1-3-4-5-6-7-8-12-19-25(26)28-21(2)23-17-13-14-18-24(23)27-20-22-15-10-9-11-16-22/h9-11,13-18,21H,3-8,12,19-20H2,1-2H3. The summed E-state index contributed by atoms with van der Waals surface area (Å²) in [7, 11) is 0. The molecule has 2 aromatic carbocycles. The summed E-state index contributed by atoms with van der Waals surface area (Å²) in [6, 6.07) is 17.8. The van der Waals surface area contributed by atoms with Crippen LogP contribution in [-0.4, -0.2) is 5.97 Å². The highest BCUT2D eigenvalue weighted by molar-refractivity contribution is 5.69. The third kappa shape index (κ3) is 8.16. The van der Waals surface area contributed by atoms with Crippen LogP contribution in [0.2, 0.25) is 0 Å². The van der Waals surface area contributed by atoms with Gasteiger partial charge in [0.05, 0.1) is 0 Å². The van der Waals surface area contributed by atoms with Gasteiger partial charge in [-0.1, -0.05) is 94.0 Å². The molecule has 0 saturated heterocycles. The molecule has 1 unspecified atom stereocenters. The fourth-order valence-corrected chi connectivity index (χ4v) is 3.23. The molecule has 0 aliphatic rings. The second kappa shape index (κ2) is 13.0. The van der Waals surface area contributed by atoms with Crippen LogP contribution in [0.5, 0.6) is 5.75 Å². The van der Waals surface area contributed by atoms with Gasteiger partial charge in [0.1, 0.15) is 18.5 Å². The minimum atomic E-state index is -0.316. The summed E-state index contributed by atoms with van der Waals surface area (Å²) in [5.41, 5.74) is 2.02. The monoisotopic (exact) mass is 382 g/mol. The van der Waals surface area contributed by atoms with Crippen LogP contribution in [0.1, 0.15) is 82.4 Å². The van der Waals surface area contributed by atoms with Gasteiger partial charge in [-0.2, -0.15) is 0 Å². The molecular weight excluding hydrogens is 348 g/mol. The van der Waals surface area contributed by atoms with Crippen molar-refractivity contribution in [3.8, 4) is 5.75 Å². The molecule has 0 fully saturated rings. The summed E-state index contributed by atoms with van der Waals surface area (Å²) in [6.45, 7) is 4.63. The summed E-state index contributed by atoms with van der Waals surface area (Å²) in [4.78, 5) is 12.2. The Morgan fingerprint density at radius 1 is 0.857 bits per heavy atom. The zero-order valence-electron chi connectivity index (χ0n) is 17.4. The number of hydrogen-bond donors (Lipinski definition) is 0. The topological polar surface area (TPSA) is 35.5 Å². The summed E-state index contributed by atoms with van der Waals surface area (Å²) in [6.07, 6.45) is 8.54. The third-order valence-corrected chi connectivity index (χ3v) is 4.89. The quantitative estimate of drug-likeness (QED) is 0.276. The van der Waals surface area contributed by atoms with Gasteiger partial charge in [-0.3, -0.25) is 4.79 Å². The van der Waals surface area contributed by atoms with Gasteiger partial charge in [-0.05, 0) is 25.0 Å². The summed E-state index contributed by atoms with van der Waals surface area (Å²) < 4.78 is 11.6. The lowest BCUT2D eigenvalue weighted by Crippen LogP contribution is -2.10. The van der Waals surface area contributed by atoms with Gasteiger partial charge in [0.2, 0.25) is 0 Å². The Kier molecular flexibility index (Phi) is 10.2. The molecule has 3 heteroatoms. The number of esters is 1. The van der Waals surface area contributed by atoms with Crippen LogP contribution in [0.25, 0.3) is 0 Å². The fraction of sp³-hybridized carbons (Fsp3) is 0.480. The van der Waals surface area contributed by atoms with Gasteiger partial charge in [-0.25, -0.2) is 0 Å². The molecule has 0 N–H and O–H groups in total. The van der Waals surface area contributed by atoms with Crippen molar-refractivity contribution in [3.05, 3.63) is 65.7 Å². The Bertz CT molecular complexity index is 681. The van der Waals surface area contributed by atoms with E-state index in [1.54, 1.807) is 0 Å². The van der Waals surface area contributed by atoms with E-state index >= 15 is 0 Å². The molecule has 0 spiro atoms. The normalized spacial score (nSPS) is 11.8. The van der Waals surface area contributed by atoms with E-state index < -0.39 is 0 Å². The van der Waals surface area contributed by atoms with Crippen LogP contribution in [0, 0.1) is 0 Å². The molecule has 1 atom stereocenters. The molecule has 0 bridgehead atoms. The highest BCUT2D eigenvalue weighted by atomic mass is 16.5. The summed E-state index contributed by atoms with van der Waals surface area (Å²) in [5.74, 6) is 0.640. The van der Waals surface area contributed by atoms with Gasteiger partial charge in [0.15, 0.2) is 0 Å². The van der Waals surface area contributed by atoms with E-state index in [0.717, 1.165) is 29.7 Å². The lowest BCUT2D eigenvalue weighted by molar-refractivity contribution is -0.148. The SMILES string of the molecule is CCCCCCCCCC(=O)OC(C)c1ccccc1OCc1ccccc1. The Morgan fingerprint density at radius 2 is 1.50 bits per heavy atom. The first-order valence-corrected chi connectivity index (χ1v) is 10.7. The van der Waals surface area contributed by atoms with E-state index in [1.165, 1.54) is 32.1 Å². The van der Waals surface area contributed by atoms with Crippen molar-refractivity contribution in [2.45, 2.75) is 77.9 Å². The Balaban J connectivity index is 1.76. The largest absolute Gasteiger partial charge is 0.488 e. The molecule has 0 aliphatic carbocycles. The van der Waals surface area contributed by atoms with Gasteiger partial charge < -0.3 is 9.47 Å². The zero-order chi connectivity index (χ0) is 20.0. The molecule has 0 radical (unpaired) electrons. The molecule has 28 heavy (non-hydrogen) atoms. The summed E-state index contributed by atoms with van der Waals surface area (Å²) >= 11 is 0. The predicted octanol–water partition coefficient (Wildman–Crippen LogP) is 7.01. The fourth-order valence-electron chi connectivity index (χ4n) is 3.23. The lowest BCUT2D eigenvalue weighted by atomic mass is 10.1. The number of benzene rings is 2. The van der Waals surface area contributed by atoms with Gasteiger partial charge >= 0.3 is 5.97 Å². The van der Waals surface area contributed by atoms with Crippen molar-refractivity contribution in [2.75, 3.05) is 0 Å². The van der Waals surface area contributed by atoms with Crippen LogP contribution < -0.4 is 4.74 Å². The number of carbonyl (C=O) groups is 1. The highest BCUT2D eigenvalue weighted by Gasteiger charge is 2.16. The molecule has 0 heterocycles. The minimum absolute atomic E-state index is 0.126. The third-order valence-electron chi connectivity index (χ3n) is 4.89. The number of carbonyl (C=O) groups excluding carboxylic acids is 1. The average molecular weight is 383 g/mol. The average Bonchev–Trinajstić information content (AvgIpc) is 2.72. The second-order valence-corrected chi connectivity index (χ2v) is 7.32. The molecule has 3 nitrogen and oxygen atoms in total. The van der Waals surface area contributed by atoms with E-state index in [0.29, 0.717) is 13.0 Å². The first kappa shape index (κ1) is 22.0. The smallest absolute Gasteiger partial charge is 0.306 e. The maximum Gasteiger partial charge on any atom is 0.306 e. The number of unbranched alkanes of at least 4 members (excludes halogenated alkanes) is 6. The number of para-hydroxylation sites is 1. The Hall–Kier alpha value is -2.29. The van der Waals surface area contributed by atoms with Crippen LogP contribution in [0.3, 0.4) is 0 Å². The van der Waals surface area contributed by atoms with Gasteiger partial charge in [-0.15, -0.1) is 0 Å². The van der Waals surface area contributed by atoms with Gasteiger partial charge in [0, 0.05) is 12.0 Å². The Morgan fingerprint density at radius 3 is 2.25 bits per heavy atom. The molecule has 0 aliphatic heterocycles. The molecule has 0 saturated carbocycles. The van der Waals surface area contributed by atoms with Gasteiger partial charge in [0.25, 0.3) is 0 Å². The number of hydrogen-bond acceptors (Lipinski definition) is 3. The molecular formula is C25H34O3. The van der Waals surface area contributed by atoms with Crippen LogP contribution in [-0.2, 0) is 16.1 Å². The maximum atomic E-state index is 12.2. The van der Waals surface area contributed by atoms with Crippen molar-refractivity contribution < 1.29 is 14.3 Å². The van der Waals surface area contributed by atoms with E-state index in [1.807, 2.05) is 61.5 Å². The molecule has 2 aromatic rings. The zero-order valence-corrected chi connectivity index (χ0v) is 17.4. The molecule has 0 amide bonds. The first-order valence-electron chi connectivity index (χ1n) is 10.7. The van der Waals surface area contributed by atoms with E-state index in [4.69, 9.17) is 9.47 Å². The predicted molar refractivity (Wildman–Crippen MR) is 114 cm³/mol.